The highest BCUT2D eigenvalue weighted by atomic mass is 14.7. The predicted octanol–water partition coefficient (Wildman–Crippen LogP) is 8.68. The van der Waals surface area contributed by atoms with E-state index in [1.165, 1.54) is 81.8 Å². The molecule has 3 atom stereocenters. The molecule has 1 nitrogen and oxygen atoms in total. The maximum atomic E-state index is 6.99. The lowest BCUT2D eigenvalue weighted by Gasteiger charge is -2.35. The van der Waals surface area contributed by atoms with Crippen LogP contribution in [0.25, 0.3) is 0 Å². The van der Waals surface area contributed by atoms with Gasteiger partial charge in [-0.2, -0.15) is 0 Å². The molecule has 2 rings (SSSR count). The fraction of sp³-hybridized carbons (Fsp3) is 0.600. The van der Waals surface area contributed by atoms with Gasteiger partial charge in [0, 0.05) is 11.5 Å². The van der Waals surface area contributed by atoms with Gasteiger partial charge in [0.2, 0.25) is 0 Å². The first kappa shape index (κ1) is 25.7. The van der Waals surface area contributed by atoms with Crippen molar-refractivity contribution in [3.8, 4) is 0 Å². The van der Waals surface area contributed by atoms with Gasteiger partial charge in [0.1, 0.15) is 0 Å². The molecule has 2 aromatic carbocycles. The fourth-order valence-electron chi connectivity index (χ4n) is 4.90. The monoisotopic (exact) mass is 421 g/mol. The molecule has 0 amide bonds. The maximum absolute atomic E-state index is 6.99. The van der Waals surface area contributed by atoms with Crippen LogP contribution >= 0.6 is 0 Å². The van der Waals surface area contributed by atoms with Crippen molar-refractivity contribution in [1.29, 1.82) is 0 Å². The summed E-state index contributed by atoms with van der Waals surface area (Å²) in [5.41, 5.74) is 9.75. The molecule has 2 aromatic rings. The Morgan fingerprint density at radius 3 is 2.03 bits per heavy atom. The molecule has 0 saturated carbocycles. The topological polar surface area (TPSA) is 26.0 Å². The molecule has 1 heteroatoms. The van der Waals surface area contributed by atoms with Gasteiger partial charge in [-0.1, -0.05) is 126 Å². The first-order valence-corrected chi connectivity index (χ1v) is 12.9. The first-order valence-electron chi connectivity index (χ1n) is 12.9. The van der Waals surface area contributed by atoms with E-state index in [9.17, 15) is 0 Å². The molecule has 2 N–H and O–H groups in total. The Hall–Kier alpha value is -1.60. The van der Waals surface area contributed by atoms with E-state index in [-0.39, 0.29) is 5.54 Å². The van der Waals surface area contributed by atoms with Gasteiger partial charge >= 0.3 is 0 Å². The van der Waals surface area contributed by atoms with Gasteiger partial charge in [0.25, 0.3) is 0 Å². The smallest absolute Gasteiger partial charge is 0.0195 e. The van der Waals surface area contributed by atoms with Crippen LogP contribution in [0.3, 0.4) is 0 Å². The largest absolute Gasteiger partial charge is 0.325 e. The predicted molar refractivity (Wildman–Crippen MR) is 138 cm³/mol. The van der Waals surface area contributed by atoms with E-state index >= 15 is 0 Å². The number of unbranched alkanes of at least 4 members (excludes halogenated alkanes) is 5. The third-order valence-corrected chi connectivity index (χ3v) is 7.03. The minimum absolute atomic E-state index is 0.126. The Balaban J connectivity index is 1.83. The average molecular weight is 422 g/mol. The van der Waals surface area contributed by atoms with E-state index in [1.54, 1.807) is 0 Å². The molecular weight excluding hydrogens is 374 g/mol. The van der Waals surface area contributed by atoms with Crippen molar-refractivity contribution in [1.82, 2.24) is 0 Å². The molecule has 0 fully saturated rings. The van der Waals surface area contributed by atoms with Crippen LogP contribution < -0.4 is 5.73 Å². The molecule has 0 aliphatic rings. The van der Waals surface area contributed by atoms with Crippen LogP contribution in [-0.2, 0) is 6.42 Å². The summed E-state index contributed by atoms with van der Waals surface area (Å²) in [6.45, 7) is 7.00. The van der Waals surface area contributed by atoms with Crippen molar-refractivity contribution < 1.29 is 0 Å². The lowest BCUT2D eigenvalue weighted by Crippen LogP contribution is -2.42. The van der Waals surface area contributed by atoms with Crippen LogP contribution in [0.2, 0.25) is 0 Å². The van der Waals surface area contributed by atoms with Crippen molar-refractivity contribution in [2.24, 2.45) is 11.7 Å². The number of nitrogens with two attached hydrogens (primary N) is 1. The Morgan fingerprint density at radius 2 is 1.35 bits per heavy atom. The number of rotatable bonds is 16. The summed E-state index contributed by atoms with van der Waals surface area (Å²) in [7, 11) is 0. The number of hydrogen-bond donors (Lipinski definition) is 1. The van der Waals surface area contributed by atoms with Crippen LogP contribution in [0.4, 0.5) is 0 Å². The van der Waals surface area contributed by atoms with Crippen molar-refractivity contribution in [2.45, 2.75) is 109 Å². The summed E-state index contributed by atoms with van der Waals surface area (Å²) in [6.07, 6.45) is 15.3. The van der Waals surface area contributed by atoms with Crippen molar-refractivity contribution in [3.63, 3.8) is 0 Å². The molecule has 3 unspecified atom stereocenters. The summed E-state index contributed by atoms with van der Waals surface area (Å²) < 4.78 is 0. The average Bonchev–Trinajstić information content (AvgIpc) is 2.79. The maximum Gasteiger partial charge on any atom is 0.0195 e. The Bertz CT molecular complexity index is 676. The first-order chi connectivity index (χ1) is 15.0. The molecule has 0 saturated heterocycles. The van der Waals surface area contributed by atoms with Crippen LogP contribution in [0, 0.1) is 5.92 Å². The third kappa shape index (κ3) is 10.0. The minimum Gasteiger partial charge on any atom is -0.325 e. The zero-order valence-corrected chi connectivity index (χ0v) is 20.5. The van der Waals surface area contributed by atoms with Crippen LogP contribution in [0.5, 0.6) is 0 Å². The van der Waals surface area contributed by atoms with Crippen LogP contribution in [0.1, 0.15) is 108 Å². The molecule has 0 aliphatic heterocycles. The van der Waals surface area contributed by atoms with Crippen LogP contribution in [-0.4, -0.2) is 5.54 Å². The Labute approximate surface area is 192 Å². The molecule has 0 radical (unpaired) electrons. The van der Waals surface area contributed by atoms with Gasteiger partial charge in [-0.25, -0.2) is 0 Å². The van der Waals surface area contributed by atoms with Gasteiger partial charge in [0.15, 0.2) is 0 Å². The van der Waals surface area contributed by atoms with E-state index in [2.05, 4.69) is 81.4 Å². The Morgan fingerprint density at radius 1 is 0.742 bits per heavy atom. The molecule has 31 heavy (non-hydrogen) atoms. The molecule has 0 spiro atoms. The zero-order chi connectivity index (χ0) is 22.4. The highest BCUT2D eigenvalue weighted by Crippen LogP contribution is 2.35. The Kier molecular flexibility index (Phi) is 12.0. The van der Waals surface area contributed by atoms with Crippen LogP contribution in [0.15, 0.2) is 60.7 Å². The van der Waals surface area contributed by atoms with Crippen molar-refractivity contribution in [2.75, 3.05) is 0 Å². The number of benzene rings is 2. The number of aryl methyl sites for hydroxylation is 1. The standard InChI is InChI=1S/C30H47N/c1-4-5-6-7-8-15-25-30(3,31)29(28-20-13-10-14-21-28)22-16-17-26(2)23-24-27-18-11-9-12-19-27/h9-14,18-21,26,29H,4-8,15-17,22-25,31H2,1-3H3. The SMILES string of the molecule is CCCCCCCCC(C)(N)C(CCCC(C)CCc1ccccc1)c1ccccc1. The van der Waals surface area contributed by atoms with Crippen molar-refractivity contribution in [3.05, 3.63) is 71.8 Å². The van der Waals surface area contributed by atoms with E-state index in [0.717, 1.165) is 12.3 Å². The molecule has 0 aliphatic carbocycles. The summed E-state index contributed by atoms with van der Waals surface area (Å²) >= 11 is 0. The molecule has 0 aromatic heterocycles. The molecular formula is C30H47N. The second kappa shape index (κ2) is 14.5. The summed E-state index contributed by atoms with van der Waals surface area (Å²) in [4.78, 5) is 0. The second-order valence-corrected chi connectivity index (χ2v) is 10.0. The molecule has 172 valence electrons. The molecule has 0 bridgehead atoms. The van der Waals surface area contributed by atoms with E-state index in [1.807, 2.05) is 0 Å². The van der Waals surface area contributed by atoms with Gasteiger partial charge in [-0.05, 0) is 49.7 Å². The zero-order valence-electron chi connectivity index (χ0n) is 20.5. The lowest BCUT2D eigenvalue weighted by atomic mass is 9.75. The van der Waals surface area contributed by atoms with Gasteiger partial charge in [-0.15, -0.1) is 0 Å². The van der Waals surface area contributed by atoms with E-state index < -0.39 is 0 Å². The van der Waals surface area contributed by atoms with Crippen molar-refractivity contribution >= 4 is 0 Å². The summed E-state index contributed by atoms with van der Waals surface area (Å²) in [6, 6.07) is 21.9. The highest BCUT2D eigenvalue weighted by molar-refractivity contribution is 5.23. The fourth-order valence-corrected chi connectivity index (χ4v) is 4.90. The second-order valence-electron chi connectivity index (χ2n) is 10.0. The van der Waals surface area contributed by atoms with Gasteiger partial charge in [0.05, 0.1) is 0 Å². The van der Waals surface area contributed by atoms with Gasteiger partial charge in [-0.3, -0.25) is 0 Å². The lowest BCUT2D eigenvalue weighted by molar-refractivity contribution is 0.309. The normalized spacial score (nSPS) is 15.4. The van der Waals surface area contributed by atoms with Gasteiger partial charge < -0.3 is 5.73 Å². The number of hydrogen-bond acceptors (Lipinski definition) is 1. The third-order valence-electron chi connectivity index (χ3n) is 7.03. The highest BCUT2D eigenvalue weighted by Gasteiger charge is 2.30. The minimum atomic E-state index is -0.126. The summed E-state index contributed by atoms with van der Waals surface area (Å²) in [5.74, 6) is 1.21. The van der Waals surface area contributed by atoms with E-state index in [0.29, 0.717) is 5.92 Å². The quantitative estimate of drug-likeness (QED) is 0.269. The van der Waals surface area contributed by atoms with E-state index in [4.69, 9.17) is 5.73 Å². The summed E-state index contributed by atoms with van der Waals surface area (Å²) in [5, 5.41) is 0. The molecule has 0 heterocycles.